The molecule has 1 aromatic rings. The lowest BCUT2D eigenvalue weighted by molar-refractivity contribution is 0.700. The molecular formula is C9H16N2O. The minimum Gasteiger partial charge on any atom is -0.268 e. The molecule has 1 rings (SSSR count). The smallest absolute Gasteiger partial charge is 0.266 e. The molecule has 0 radical (unpaired) electrons. The molecule has 1 heterocycles. The summed E-state index contributed by atoms with van der Waals surface area (Å²) < 4.78 is 1.32. The lowest BCUT2D eigenvalue weighted by Gasteiger charge is -1.95. The molecule has 0 amide bonds. The third kappa shape index (κ3) is 2.86. The molecule has 0 unspecified atom stereocenters. The Morgan fingerprint density at radius 2 is 2.08 bits per heavy atom. The van der Waals surface area contributed by atoms with Crippen molar-refractivity contribution in [1.29, 1.82) is 0 Å². The zero-order valence-corrected chi connectivity index (χ0v) is 8.16. The van der Waals surface area contributed by atoms with Crippen LogP contribution in [-0.4, -0.2) is 9.78 Å². The van der Waals surface area contributed by atoms with Crippen molar-refractivity contribution in [3.63, 3.8) is 0 Å². The number of aryl methyl sites for hydroxylation is 2. The second-order valence-electron chi connectivity index (χ2n) is 2.18. The van der Waals surface area contributed by atoms with E-state index in [1.807, 2.05) is 20.8 Å². The van der Waals surface area contributed by atoms with Gasteiger partial charge in [0.05, 0.1) is 6.20 Å². The maximum absolute atomic E-state index is 10.9. The highest BCUT2D eigenvalue weighted by Gasteiger charge is 1.91. The lowest BCUT2D eigenvalue weighted by atomic mass is 10.2. The van der Waals surface area contributed by atoms with Crippen LogP contribution in [0.3, 0.4) is 0 Å². The molecule has 3 nitrogen and oxygen atoms in total. The minimum absolute atomic E-state index is 0.0423. The fraction of sp³-hybridized carbons (Fsp3) is 0.556. The maximum atomic E-state index is 10.9. The van der Waals surface area contributed by atoms with Crippen molar-refractivity contribution < 1.29 is 0 Å². The quantitative estimate of drug-likeness (QED) is 0.634. The van der Waals surface area contributed by atoms with Crippen molar-refractivity contribution in [2.24, 2.45) is 7.05 Å². The molecule has 0 atom stereocenters. The van der Waals surface area contributed by atoms with Crippen molar-refractivity contribution in [3.05, 3.63) is 28.2 Å². The minimum atomic E-state index is -0.0423. The number of hydrogen-bond donors (Lipinski definition) is 0. The van der Waals surface area contributed by atoms with E-state index in [0.717, 1.165) is 12.0 Å². The Bertz CT molecular complexity index is 278. The summed E-state index contributed by atoms with van der Waals surface area (Å²) in [6.07, 6.45) is 2.57. The van der Waals surface area contributed by atoms with Crippen molar-refractivity contribution in [1.82, 2.24) is 9.78 Å². The molecule has 0 fully saturated rings. The molecule has 0 N–H and O–H groups in total. The van der Waals surface area contributed by atoms with E-state index in [-0.39, 0.29) is 5.56 Å². The van der Waals surface area contributed by atoms with E-state index in [4.69, 9.17) is 0 Å². The van der Waals surface area contributed by atoms with Gasteiger partial charge in [0.2, 0.25) is 0 Å². The molecule has 0 aromatic carbocycles. The highest BCUT2D eigenvalue weighted by atomic mass is 16.1. The summed E-state index contributed by atoms with van der Waals surface area (Å²) in [6, 6.07) is 1.60. The number of aromatic nitrogens is 2. The largest absolute Gasteiger partial charge is 0.268 e. The van der Waals surface area contributed by atoms with E-state index in [9.17, 15) is 4.79 Å². The average molecular weight is 168 g/mol. The van der Waals surface area contributed by atoms with Gasteiger partial charge in [-0.05, 0) is 12.0 Å². The summed E-state index contributed by atoms with van der Waals surface area (Å²) >= 11 is 0. The van der Waals surface area contributed by atoms with Gasteiger partial charge in [-0.3, -0.25) is 4.79 Å². The first-order chi connectivity index (χ1) is 5.74. The van der Waals surface area contributed by atoms with Crippen molar-refractivity contribution in [2.45, 2.75) is 27.2 Å². The fourth-order valence-corrected chi connectivity index (χ4v) is 0.700. The summed E-state index contributed by atoms with van der Waals surface area (Å²) in [5, 5.41) is 3.85. The van der Waals surface area contributed by atoms with Gasteiger partial charge in [-0.15, -0.1) is 0 Å². The van der Waals surface area contributed by atoms with E-state index < -0.39 is 0 Å². The van der Waals surface area contributed by atoms with E-state index in [1.54, 1.807) is 19.3 Å². The first-order valence-corrected chi connectivity index (χ1v) is 4.26. The molecule has 0 bridgehead atoms. The van der Waals surface area contributed by atoms with Crippen LogP contribution in [0.15, 0.2) is 17.1 Å². The first kappa shape index (κ1) is 10.9. The summed E-state index contributed by atoms with van der Waals surface area (Å²) in [7, 11) is 1.64. The van der Waals surface area contributed by atoms with E-state index in [2.05, 4.69) is 5.10 Å². The molecule has 0 aliphatic rings. The van der Waals surface area contributed by atoms with Crippen molar-refractivity contribution in [2.75, 3.05) is 0 Å². The third-order valence-corrected chi connectivity index (χ3v) is 1.43. The van der Waals surface area contributed by atoms with Gasteiger partial charge in [-0.2, -0.15) is 5.10 Å². The van der Waals surface area contributed by atoms with Gasteiger partial charge >= 0.3 is 0 Å². The maximum Gasteiger partial charge on any atom is 0.266 e. The van der Waals surface area contributed by atoms with Gasteiger partial charge in [0.25, 0.3) is 5.56 Å². The fourth-order valence-electron chi connectivity index (χ4n) is 0.700. The van der Waals surface area contributed by atoms with Crippen LogP contribution in [0, 0.1) is 0 Å². The molecule has 1 aromatic heterocycles. The van der Waals surface area contributed by atoms with Crippen LogP contribution >= 0.6 is 0 Å². The molecular weight excluding hydrogens is 152 g/mol. The van der Waals surface area contributed by atoms with Crippen LogP contribution in [0.1, 0.15) is 26.3 Å². The van der Waals surface area contributed by atoms with Gasteiger partial charge in [0, 0.05) is 13.1 Å². The zero-order valence-electron chi connectivity index (χ0n) is 8.16. The molecule has 0 saturated carbocycles. The van der Waals surface area contributed by atoms with Crippen LogP contribution in [0.25, 0.3) is 0 Å². The van der Waals surface area contributed by atoms with Crippen LogP contribution in [0.4, 0.5) is 0 Å². The molecule has 0 aliphatic heterocycles. The topological polar surface area (TPSA) is 34.9 Å². The highest BCUT2D eigenvalue weighted by Crippen LogP contribution is 1.90. The predicted octanol–water partition coefficient (Wildman–Crippen LogP) is 1.37. The summed E-state index contributed by atoms with van der Waals surface area (Å²) in [4.78, 5) is 10.9. The third-order valence-electron chi connectivity index (χ3n) is 1.43. The normalized spacial score (nSPS) is 8.67. The van der Waals surface area contributed by atoms with Crippen LogP contribution in [0.2, 0.25) is 0 Å². The SMILES string of the molecule is CC.CCc1cnn(C)c(=O)c1. The Kier molecular flexibility index (Phi) is 5.00. The second-order valence-corrected chi connectivity index (χ2v) is 2.18. The van der Waals surface area contributed by atoms with Crippen LogP contribution < -0.4 is 5.56 Å². The van der Waals surface area contributed by atoms with Gasteiger partial charge in [-0.1, -0.05) is 20.8 Å². The summed E-state index contributed by atoms with van der Waals surface area (Å²) in [5.74, 6) is 0. The van der Waals surface area contributed by atoms with E-state index in [0.29, 0.717) is 0 Å². The Morgan fingerprint density at radius 1 is 1.50 bits per heavy atom. The Balaban J connectivity index is 0.000000561. The van der Waals surface area contributed by atoms with E-state index >= 15 is 0 Å². The highest BCUT2D eigenvalue weighted by molar-refractivity contribution is 5.04. The molecule has 12 heavy (non-hydrogen) atoms. The zero-order chi connectivity index (χ0) is 9.56. The lowest BCUT2D eigenvalue weighted by Crippen LogP contribution is -2.18. The monoisotopic (exact) mass is 168 g/mol. The van der Waals surface area contributed by atoms with Gasteiger partial charge in [0.1, 0.15) is 0 Å². The van der Waals surface area contributed by atoms with Crippen molar-refractivity contribution >= 4 is 0 Å². The molecule has 0 spiro atoms. The predicted molar refractivity (Wildman–Crippen MR) is 50.2 cm³/mol. The van der Waals surface area contributed by atoms with Crippen molar-refractivity contribution in [3.8, 4) is 0 Å². The average Bonchev–Trinajstić information content (AvgIpc) is 2.13. The summed E-state index contributed by atoms with van der Waals surface area (Å²) in [6.45, 7) is 6.00. The summed E-state index contributed by atoms with van der Waals surface area (Å²) in [5.41, 5.74) is 0.947. The Morgan fingerprint density at radius 3 is 2.50 bits per heavy atom. The van der Waals surface area contributed by atoms with Gasteiger partial charge in [0.15, 0.2) is 0 Å². The Labute approximate surface area is 73.0 Å². The van der Waals surface area contributed by atoms with Crippen LogP contribution in [0.5, 0.6) is 0 Å². The van der Waals surface area contributed by atoms with E-state index in [1.165, 1.54) is 4.68 Å². The molecule has 3 heteroatoms. The number of rotatable bonds is 1. The number of hydrogen-bond acceptors (Lipinski definition) is 2. The van der Waals surface area contributed by atoms with Crippen LogP contribution in [-0.2, 0) is 13.5 Å². The first-order valence-electron chi connectivity index (χ1n) is 4.26. The van der Waals surface area contributed by atoms with Gasteiger partial charge < -0.3 is 0 Å². The Hall–Kier alpha value is -1.12. The van der Waals surface area contributed by atoms with Gasteiger partial charge in [-0.25, -0.2) is 4.68 Å². The molecule has 68 valence electrons. The molecule has 0 saturated heterocycles. The number of nitrogens with zero attached hydrogens (tertiary/aromatic N) is 2. The standard InChI is InChI=1S/C7H10N2O.C2H6/c1-3-6-4-7(10)9(2)8-5-6;1-2/h4-5H,3H2,1-2H3;1-2H3. The second kappa shape index (κ2) is 5.52. The molecule has 0 aliphatic carbocycles.